The molecule has 0 radical (unpaired) electrons. The Morgan fingerprint density at radius 1 is 1.00 bits per heavy atom. The smallest absolute Gasteiger partial charge is 0.340 e. The van der Waals surface area contributed by atoms with Crippen LogP contribution in [0.5, 0.6) is 5.75 Å². The monoisotopic (exact) mass is 532 g/mol. The van der Waals surface area contributed by atoms with Crippen molar-refractivity contribution < 1.29 is 27.5 Å². The van der Waals surface area contributed by atoms with Gasteiger partial charge in [-0.25, -0.2) is 17.5 Å². The Balaban J connectivity index is 1.69. The molecule has 2 aromatic carbocycles. The molecule has 192 valence electrons. The lowest BCUT2D eigenvalue weighted by Gasteiger charge is -2.13. The van der Waals surface area contributed by atoms with E-state index in [0.29, 0.717) is 12.1 Å². The van der Waals surface area contributed by atoms with Gasteiger partial charge in [-0.15, -0.1) is 0 Å². The molecule has 0 fully saturated rings. The van der Waals surface area contributed by atoms with Crippen LogP contribution in [-0.2, 0) is 27.7 Å². The second-order valence-electron chi connectivity index (χ2n) is 8.46. The molecule has 8 nitrogen and oxygen atoms in total. The Morgan fingerprint density at radius 2 is 1.67 bits per heavy atom. The second-order valence-corrected chi connectivity index (χ2v) is 11.0. The van der Waals surface area contributed by atoms with Crippen LogP contribution >= 0.6 is 11.6 Å². The van der Waals surface area contributed by atoms with Crippen molar-refractivity contribution in [1.82, 2.24) is 8.87 Å². The number of sulfonamides is 1. The third-order valence-electron chi connectivity index (χ3n) is 5.93. The standard InChI is InChI=1S/C26H29ClN2O6S/c1-17-14-22(18(2)29(17)13-12-19-6-8-20(34-5)9-7-19)25(30)16-35-26(31)23-15-21(10-11-24(23)27)36(32,33)28(3)4/h6-11,14-15H,12-13,16H2,1-5H3. The average molecular weight is 533 g/mol. The highest BCUT2D eigenvalue weighted by atomic mass is 35.5. The van der Waals surface area contributed by atoms with E-state index in [2.05, 4.69) is 0 Å². The van der Waals surface area contributed by atoms with Gasteiger partial charge >= 0.3 is 5.97 Å². The number of rotatable bonds is 10. The Labute approximate surface area is 216 Å². The zero-order valence-electron chi connectivity index (χ0n) is 20.9. The fourth-order valence-corrected chi connectivity index (χ4v) is 4.90. The van der Waals surface area contributed by atoms with Gasteiger partial charge in [-0.2, -0.15) is 0 Å². The minimum Gasteiger partial charge on any atom is -0.497 e. The Bertz CT molecular complexity index is 1380. The van der Waals surface area contributed by atoms with E-state index in [4.69, 9.17) is 21.1 Å². The number of hydrogen-bond acceptors (Lipinski definition) is 6. The van der Waals surface area contributed by atoms with Crippen LogP contribution in [-0.4, -0.2) is 56.9 Å². The van der Waals surface area contributed by atoms with Gasteiger partial charge in [-0.05, 0) is 62.2 Å². The minimum atomic E-state index is -3.77. The SMILES string of the molecule is COc1ccc(CCn2c(C)cc(C(=O)COC(=O)c3cc(S(=O)(=O)N(C)C)ccc3Cl)c2C)cc1. The first-order valence-electron chi connectivity index (χ1n) is 11.2. The lowest BCUT2D eigenvalue weighted by Crippen LogP contribution is -2.22. The number of methoxy groups -OCH3 is 1. The maximum atomic E-state index is 12.9. The first-order chi connectivity index (χ1) is 16.9. The lowest BCUT2D eigenvalue weighted by atomic mass is 10.1. The molecule has 10 heteroatoms. The molecule has 0 atom stereocenters. The van der Waals surface area contributed by atoms with E-state index in [1.165, 1.54) is 26.2 Å². The molecule has 36 heavy (non-hydrogen) atoms. The summed E-state index contributed by atoms with van der Waals surface area (Å²) < 4.78 is 38.2. The Kier molecular flexibility index (Phi) is 8.60. The van der Waals surface area contributed by atoms with Gasteiger partial charge in [0, 0.05) is 37.6 Å². The number of halogens is 1. The first kappa shape index (κ1) is 27.4. The molecule has 0 spiro atoms. The number of Topliss-reactive ketones (excluding diaryl/α,β-unsaturated/α-hetero) is 1. The van der Waals surface area contributed by atoms with E-state index in [1.54, 1.807) is 13.2 Å². The molecule has 0 aliphatic heterocycles. The summed E-state index contributed by atoms with van der Waals surface area (Å²) in [5, 5.41) is 0.0295. The van der Waals surface area contributed by atoms with Crippen molar-refractivity contribution in [2.45, 2.75) is 31.7 Å². The molecule has 0 bridgehead atoms. The van der Waals surface area contributed by atoms with E-state index < -0.39 is 22.6 Å². The summed E-state index contributed by atoms with van der Waals surface area (Å²) in [6.45, 7) is 3.95. The highest BCUT2D eigenvalue weighted by molar-refractivity contribution is 7.89. The van der Waals surface area contributed by atoms with Crippen molar-refractivity contribution in [3.05, 3.63) is 81.6 Å². The summed E-state index contributed by atoms with van der Waals surface area (Å²) in [5.41, 5.74) is 3.17. The van der Waals surface area contributed by atoms with Crippen molar-refractivity contribution in [3.8, 4) is 5.75 Å². The molecular weight excluding hydrogens is 504 g/mol. The molecule has 0 N–H and O–H groups in total. The molecule has 0 aliphatic carbocycles. The number of hydrogen-bond donors (Lipinski definition) is 0. The highest BCUT2D eigenvalue weighted by Gasteiger charge is 2.23. The van der Waals surface area contributed by atoms with Gasteiger partial charge in [0.25, 0.3) is 0 Å². The van der Waals surface area contributed by atoms with Crippen LogP contribution in [0.25, 0.3) is 0 Å². The number of benzene rings is 2. The van der Waals surface area contributed by atoms with E-state index >= 15 is 0 Å². The predicted molar refractivity (Wildman–Crippen MR) is 138 cm³/mol. The van der Waals surface area contributed by atoms with Gasteiger partial charge in [-0.1, -0.05) is 23.7 Å². The van der Waals surface area contributed by atoms with Crippen LogP contribution in [0.2, 0.25) is 5.02 Å². The summed E-state index contributed by atoms with van der Waals surface area (Å²) in [6, 6.07) is 13.4. The molecule has 3 rings (SSSR count). The van der Waals surface area contributed by atoms with Crippen LogP contribution < -0.4 is 4.74 Å². The van der Waals surface area contributed by atoms with Gasteiger partial charge in [0.1, 0.15) is 5.75 Å². The summed E-state index contributed by atoms with van der Waals surface area (Å²) in [6.07, 6.45) is 0.771. The molecule has 0 unspecified atom stereocenters. The molecule has 1 heterocycles. The Hall–Kier alpha value is -3.14. The van der Waals surface area contributed by atoms with E-state index in [-0.39, 0.29) is 21.3 Å². The van der Waals surface area contributed by atoms with Gasteiger partial charge in [0.05, 0.1) is 22.6 Å². The van der Waals surface area contributed by atoms with Crippen molar-refractivity contribution in [2.75, 3.05) is 27.8 Å². The number of aryl methyl sites for hydroxylation is 2. The predicted octanol–water partition coefficient (Wildman–Crippen LogP) is 4.30. The number of aromatic nitrogens is 1. The van der Waals surface area contributed by atoms with Gasteiger partial charge in [-0.3, -0.25) is 4.79 Å². The number of ketones is 1. The minimum absolute atomic E-state index is 0.0295. The largest absolute Gasteiger partial charge is 0.497 e. The van der Waals surface area contributed by atoms with Crippen LogP contribution in [0.3, 0.4) is 0 Å². The highest BCUT2D eigenvalue weighted by Crippen LogP contribution is 2.23. The average Bonchev–Trinajstić information content (AvgIpc) is 3.14. The number of esters is 1. The summed E-state index contributed by atoms with van der Waals surface area (Å²) in [5.74, 6) is -0.445. The lowest BCUT2D eigenvalue weighted by molar-refractivity contribution is 0.0474. The topological polar surface area (TPSA) is 94.9 Å². The van der Waals surface area contributed by atoms with Gasteiger partial charge in [0.2, 0.25) is 15.8 Å². The zero-order valence-corrected chi connectivity index (χ0v) is 22.4. The van der Waals surface area contributed by atoms with Gasteiger partial charge < -0.3 is 14.0 Å². The van der Waals surface area contributed by atoms with Crippen molar-refractivity contribution in [3.63, 3.8) is 0 Å². The second kappa shape index (κ2) is 11.3. The maximum Gasteiger partial charge on any atom is 0.340 e. The van der Waals surface area contributed by atoms with Gasteiger partial charge in [0.15, 0.2) is 6.61 Å². The zero-order chi connectivity index (χ0) is 26.6. The van der Waals surface area contributed by atoms with Crippen molar-refractivity contribution >= 4 is 33.4 Å². The fraction of sp³-hybridized carbons (Fsp3) is 0.308. The third-order valence-corrected chi connectivity index (χ3v) is 8.07. The molecule has 0 saturated heterocycles. The van der Waals surface area contributed by atoms with Crippen LogP contribution in [0.4, 0.5) is 0 Å². The van der Waals surface area contributed by atoms with Crippen LogP contribution in [0.15, 0.2) is 53.4 Å². The number of carbonyl (C=O) groups excluding carboxylic acids is 2. The fourth-order valence-electron chi connectivity index (χ4n) is 3.78. The van der Waals surface area contributed by atoms with E-state index in [0.717, 1.165) is 39.5 Å². The summed E-state index contributed by atoms with van der Waals surface area (Å²) in [4.78, 5) is 25.4. The summed E-state index contributed by atoms with van der Waals surface area (Å²) in [7, 11) is 0.620. The normalized spacial score (nSPS) is 11.5. The quantitative estimate of drug-likeness (QED) is 0.285. The Morgan fingerprint density at radius 3 is 2.28 bits per heavy atom. The molecule has 0 saturated carbocycles. The van der Waals surface area contributed by atoms with Crippen LogP contribution in [0, 0.1) is 13.8 Å². The number of carbonyl (C=O) groups is 2. The van der Waals surface area contributed by atoms with Crippen molar-refractivity contribution in [1.29, 1.82) is 0 Å². The molecule has 1 aromatic heterocycles. The molecule has 3 aromatic rings. The number of ether oxygens (including phenoxy) is 2. The van der Waals surface area contributed by atoms with Crippen molar-refractivity contribution in [2.24, 2.45) is 0 Å². The maximum absolute atomic E-state index is 12.9. The molecule has 0 aliphatic rings. The number of nitrogens with zero attached hydrogens (tertiary/aromatic N) is 2. The van der Waals surface area contributed by atoms with E-state index in [1.807, 2.05) is 42.7 Å². The van der Waals surface area contributed by atoms with E-state index in [9.17, 15) is 18.0 Å². The first-order valence-corrected chi connectivity index (χ1v) is 13.0. The third kappa shape index (κ3) is 5.98. The van der Waals surface area contributed by atoms with Crippen LogP contribution in [0.1, 0.15) is 37.7 Å². The summed E-state index contributed by atoms with van der Waals surface area (Å²) >= 11 is 6.10. The molecule has 0 amide bonds. The molecular formula is C26H29ClN2O6S.